The molecule has 1 aliphatic heterocycles. The molecule has 0 spiro atoms. The van der Waals surface area contributed by atoms with Crippen LogP contribution >= 0.6 is 0 Å². The standard InChI is InChI=1S/C66H123N3O10/c1-8-15-22-23-24-25-26-27-29-32-35-38-41-58(73-49-17-10-3)61(74-50-18-11-4)57(69-60(70)42-39-36-33-30-28-31-34-37-40-45-68-65(71)56-43-46-67-47-44-56)54-78-66-64(77-53-21-14-7)63(76-52-20-13-6)62(75-51-19-12-5)59(79-66)55-72-48-16-9-2/h43-44,46-47,57-59,61-64,66H,8-42,45,48-55H2,1-7H3,(H,68,71)(H,69,70)/t57-,58+,59?,61-,62-,63-,64?,66-/m0/s1. The summed E-state index contributed by atoms with van der Waals surface area (Å²) in [4.78, 5) is 30.6. The zero-order chi connectivity index (χ0) is 57.1. The lowest BCUT2D eigenvalue weighted by Crippen LogP contribution is -2.63. The van der Waals surface area contributed by atoms with Gasteiger partial charge in [0.2, 0.25) is 5.91 Å². The highest BCUT2D eigenvalue weighted by Crippen LogP contribution is 2.31. The molecule has 0 aliphatic carbocycles. The van der Waals surface area contributed by atoms with E-state index >= 15 is 0 Å². The summed E-state index contributed by atoms with van der Waals surface area (Å²) in [5.74, 6) is -0.0265. The van der Waals surface area contributed by atoms with E-state index < -0.39 is 42.9 Å². The van der Waals surface area contributed by atoms with Crippen LogP contribution in [0.15, 0.2) is 24.5 Å². The lowest BCUT2D eigenvalue weighted by atomic mass is 9.97. The maximum Gasteiger partial charge on any atom is 0.251 e. The van der Waals surface area contributed by atoms with Gasteiger partial charge in [0.25, 0.3) is 5.91 Å². The van der Waals surface area contributed by atoms with Crippen LogP contribution in [0.5, 0.6) is 0 Å². The molecule has 2 N–H and O–H groups in total. The molecule has 1 saturated heterocycles. The summed E-state index contributed by atoms with van der Waals surface area (Å²) in [6.07, 6.45) is 38.2. The molecule has 8 atom stereocenters. The zero-order valence-corrected chi connectivity index (χ0v) is 52.1. The van der Waals surface area contributed by atoms with E-state index in [2.05, 4.69) is 64.1 Å². The van der Waals surface area contributed by atoms with Crippen molar-refractivity contribution < 1.29 is 47.5 Å². The summed E-state index contributed by atoms with van der Waals surface area (Å²) < 4.78 is 54.5. The van der Waals surface area contributed by atoms with Crippen LogP contribution in [0.1, 0.15) is 284 Å². The van der Waals surface area contributed by atoms with E-state index in [0.717, 1.165) is 141 Å². The normalized spacial score (nSPS) is 18.6. The van der Waals surface area contributed by atoms with Crippen LogP contribution < -0.4 is 10.6 Å². The highest BCUT2D eigenvalue weighted by molar-refractivity contribution is 5.93. The lowest BCUT2D eigenvalue weighted by molar-refractivity contribution is -0.325. The highest BCUT2D eigenvalue weighted by Gasteiger charge is 2.49. The van der Waals surface area contributed by atoms with E-state index in [1.54, 1.807) is 24.5 Å². The second-order valence-electron chi connectivity index (χ2n) is 22.6. The summed E-state index contributed by atoms with van der Waals surface area (Å²) >= 11 is 0. The molecule has 1 aromatic rings. The van der Waals surface area contributed by atoms with E-state index in [9.17, 15) is 9.59 Å². The number of hydrogen-bond donors (Lipinski definition) is 2. The summed E-state index contributed by atoms with van der Waals surface area (Å²) in [7, 11) is 0. The van der Waals surface area contributed by atoms with E-state index in [0.29, 0.717) is 64.8 Å². The van der Waals surface area contributed by atoms with E-state index in [-0.39, 0.29) is 24.5 Å². The van der Waals surface area contributed by atoms with Gasteiger partial charge in [-0.05, 0) is 69.9 Å². The number of hydrogen-bond acceptors (Lipinski definition) is 11. The molecule has 1 fully saturated rings. The number of unbranched alkanes of at least 4 members (excludes halogenated alkanes) is 25. The minimum Gasteiger partial charge on any atom is -0.379 e. The number of nitrogens with zero attached hydrogens (tertiary/aromatic N) is 1. The molecule has 13 heteroatoms. The Balaban J connectivity index is 2.31. The lowest BCUT2D eigenvalue weighted by Gasteiger charge is -2.46. The molecule has 0 radical (unpaired) electrons. The fourth-order valence-electron chi connectivity index (χ4n) is 10.2. The Morgan fingerprint density at radius 3 is 1.54 bits per heavy atom. The van der Waals surface area contributed by atoms with Crippen LogP contribution in [-0.4, -0.2) is 125 Å². The number of aromatic nitrogens is 1. The van der Waals surface area contributed by atoms with Gasteiger partial charge < -0.3 is 48.5 Å². The highest BCUT2D eigenvalue weighted by atomic mass is 16.7. The summed E-state index contributed by atoms with van der Waals surface area (Å²) in [5, 5.41) is 6.52. The van der Waals surface area contributed by atoms with Gasteiger partial charge in [-0.3, -0.25) is 14.6 Å². The molecule has 0 saturated carbocycles. The Bertz CT molecular complexity index is 1500. The number of pyridine rings is 1. The Morgan fingerprint density at radius 1 is 0.506 bits per heavy atom. The Kier molecular flexibility index (Phi) is 48.5. The molecule has 13 nitrogen and oxygen atoms in total. The van der Waals surface area contributed by atoms with Gasteiger partial charge >= 0.3 is 0 Å². The van der Waals surface area contributed by atoms with Crippen molar-refractivity contribution >= 4 is 11.8 Å². The predicted octanol–water partition coefficient (Wildman–Crippen LogP) is 15.8. The van der Waals surface area contributed by atoms with Crippen molar-refractivity contribution in [2.45, 2.75) is 322 Å². The van der Waals surface area contributed by atoms with Gasteiger partial charge in [-0.1, -0.05) is 209 Å². The molecule has 79 heavy (non-hydrogen) atoms. The number of rotatable bonds is 57. The fraction of sp³-hybridized carbons (Fsp3) is 0.894. The SMILES string of the molecule is CCCCCCCCCCCCCC[C@@H](OCCCC)[C@@H](OCCCC)[C@H](CO[C@H]1OC(COCCCC)[C@H](OCCCC)[C@H](OCCCC)C1OCCCC)NC(=O)CCCCCCCCCCCNC(=O)c1ccncc1. The van der Waals surface area contributed by atoms with Crippen molar-refractivity contribution in [2.24, 2.45) is 0 Å². The first-order valence-electron chi connectivity index (χ1n) is 33.3. The van der Waals surface area contributed by atoms with Gasteiger partial charge in [0.15, 0.2) is 6.29 Å². The largest absolute Gasteiger partial charge is 0.379 e. The molecule has 2 unspecified atom stereocenters. The van der Waals surface area contributed by atoms with Gasteiger partial charge in [0.1, 0.15) is 30.5 Å². The summed E-state index contributed by atoms with van der Waals surface area (Å²) in [6, 6.07) is 2.99. The molecule has 0 bridgehead atoms. The summed E-state index contributed by atoms with van der Waals surface area (Å²) in [5.41, 5.74) is 0.650. The zero-order valence-electron chi connectivity index (χ0n) is 52.1. The van der Waals surface area contributed by atoms with Crippen molar-refractivity contribution in [3.63, 3.8) is 0 Å². The first kappa shape index (κ1) is 72.9. The van der Waals surface area contributed by atoms with Crippen LogP contribution in [0, 0.1) is 0 Å². The Labute approximate surface area is 484 Å². The third-order valence-corrected chi connectivity index (χ3v) is 15.3. The number of nitrogens with one attached hydrogen (secondary N) is 2. The second-order valence-corrected chi connectivity index (χ2v) is 22.6. The van der Waals surface area contributed by atoms with Crippen LogP contribution in [0.4, 0.5) is 0 Å². The van der Waals surface area contributed by atoms with Crippen molar-refractivity contribution in [2.75, 3.05) is 59.4 Å². The van der Waals surface area contributed by atoms with Gasteiger partial charge in [-0.15, -0.1) is 0 Å². The number of carbonyl (C=O) groups excluding carboxylic acids is 2. The van der Waals surface area contributed by atoms with Gasteiger partial charge in [0, 0.05) is 70.6 Å². The van der Waals surface area contributed by atoms with Crippen molar-refractivity contribution in [3.8, 4) is 0 Å². The second kappa shape index (κ2) is 52.6. The maximum atomic E-state index is 14.3. The molecule has 2 heterocycles. The van der Waals surface area contributed by atoms with E-state index in [1.807, 2.05) is 0 Å². The smallest absolute Gasteiger partial charge is 0.251 e. The monoisotopic (exact) mass is 1120 g/mol. The van der Waals surface area contributed by atoms with E-state index in [1.165, 1.54) is 77.0 Å². The third-order valence-electron chi connectivity index (χ3n) is 15.3. The van der Waals surface area contributed by atoms with Gasteiger partial charge in [-0.2, -0.15) is 0 Å². The average Bonchev–Trinajstić information content (AvgIpc) is 3.50. The van der Waals surface area contributed by atoms with Crippen LogP contribution in [0.2, 0.25) is 0 Å². The average molecular weight is 1120 g/mol. The molecule has 0 aromatic carbocycles. The minimum absolute atomic E-state index is 0.0130. The van der Waals surface area contributed by atoms with E-state index in [4.69, 9.17) is 37.9 Å². The predicted molar refractivity (Wildman–Crippen MR) is 324 cm³/mol. The Morgan fingerprint density at radius 2 is 0.975 bits per heavy atom. The third kappa shape index (κ3) is 36.2. The number of carbonyl (C=O) groups is 2. The first-order chi connectivity index (χ1) is 38.9. The van der Waals surface area contributed by atoms with Crippen molar-refractivity contribution in [1.29, 1.82) is 0 Å². The van der Waals surface area contributed by atoms with Crippen molar-refractivity contribution in [1.82, 2.24) is 15.6 Å². The first-order valence-corrected chi connectivity index (χ1v) is 33.3. The minimum atomic E-state index is -0.792. The Hall–Kier alpha value is -2.23. The molecule has 1 aromatic heterocycles. The topological polar surface area (TPSA) is 145 Å². The number of ether oxygens (including phenoxy) is 8. The van der Waals surface area contributed by atoms with Crippen LogP contribution in [-0.2, 0) is 42.7 Å². The summed E-state index contributed by atoms with van der Waals surface area (Å²) in [6.45, 7) is 20.2. The maximum absolute atomic E-state index is 14.3. The van der Waals surface area contributed by atoms with Crippen LogP contribution in [0.25, 0.3) is 0 Å². The van der Waals surface area contributed by atoms with Gasteiger partial charge in [0.05, 0.1) is 25.4 Å². The molecule has 462 valence electrons. The molecule has 2 rings (SSSR count). The van der Waals surface area contributed by atoms with Crippen molar-refractivity contribution in [3.05, 3.63) is 30.1 Å². The molecule has 1 aliphatic rings. The number of amides is 2. The van der Waals surface area contributed by atoms with Gasteiger partial charge in [-0.25, -0.2) is 0 Å². The molecular formula is C66H123N3O10. The van der Waals surface area contributed by atoms with Crippen LogP contribution in [0.3, 0.4) is 0 Å². The quantitative estimate of drug-likeness (QED) is 0.0601. The molecule has 2 amide bonds. The fourth-order valence-corrected chi connectivity index (χ4v) is 10.2. The molecular weight excluding hydrogens is 995 g/mol.